The van der Waals surface area contributed by atoms with Crippen molar-refractivity contribution in [1.29, 1.82) is 5.26 Å². The van der Waals surface area contributed by atoms with E-state index < -0.39 is 6.17 Å². The van der Waals surface area contributed by atoms with E-state index in [0.717, 1.165) is 25.9 Å². The smallest absolute Gasteiger partial charge is 0.108 e. The molecular weight excluding hydrogens is 335 g/mol. The molecule has 0 amide bonds. The number of nitriles is 1. The molecule has 0 N–H and O–H groups in total. The van der Waals surface area contributed by atoms with E-state index in [2.05, 4.69) is 73.3 Å². The monoisotopic (exact) mass is 366 g/mol. The largest absolute Gasteiger partial charge is 0.297 e. The van der Waals surface area contributed by atoms with E-state index in [1.165, 1.54) is 23.6 Å². The number of nitrogens with zero attached hydrogens (tertiary/aromatic N) is 2. The summed E-state index contributed by atoms with van der Waals surface area (Å²) in [5.74, 6) is 0.166. The lowest BCUT2D eigenvalue weighted by atomic mass is 10.0. The summed E-state index contributed by atoms with van der Waals surface area (Å²) in [4.78, 5) is 2.53. The Morgan fingerprint density at radius 1 is 1.11 bits per heavy atom. The first kappa shape index (κ1) is 21.1. The molecule has 0 saturated heterocycles. The minimum Gasteiger partial charge on any atom is -0.297 e. The molecule has 2 nitrogen and oxygen atoms in total. The highest BCUT2D eigenvalue weighted by molar-refractivity contribution is 5.30. The van der Waals surface area contributed by atoms with E-state index in [-0.39, 0.29) is 5.92 Å². The SMILES string of the molecule is CC#N.CCN(Cc1ccccc1)C(C)CCc1ccc(C2CC2F)cc1. The van der Waals surface area contributed by atoms with Crippen molar-refractivity contribution in [2.75, 3.05) is 6.54 Å². The first-order valence-electron chi connectivity index (χ1n) is 9.90. The van der Waals surface area contributed by atoms with Crippen molar-refractivity contribution in [1.82, 2.24) is 4.90 Å². The van der Waals surface area contributed by atoms with E-state index >= 15 is 0 Å². The number of hydrogen-bond acceptors (Lipinski definition) is 2. The van der Waals surface area contributed by atoms with Gasteiger partial charge in [0.25, 0.3) is 0 Å². The average Bonchev–Trinajstić information content (AvgIpc) is 3.42. The van der Waals surface area contributed by atoms with Crippen LogP contribution in [-0.2, 0) is 13.0 Å². The van der Waals surface area contributed by atoms with Crippen LogP contribution in [0.25, 0.3) is 0 Å². The molecule has 0 bridgehead atoms. The zero-order valence-electron chi connectivity index (χ0n) is 16.7. The molecule has 27 heavy (non-hydrogen) atoms. The summed E-state index contributed by atoms with van der Waals surface area (Å²) in [6, 6.07) is 21.6. The molecule has 1 saturated carbocycles. The summed E-state index contributed by atoms with van der Waals surface area (Å²) >= 11 is 0. The van der Waals surface area contributed by atoms with Gasteiger partial charge in [-0.2, -0.15) is 5.26 Å². The Hall–Kier alpha value is -2.18. The van der Waals surface area contributed by atoms with Gasteiger partial charge in [-0.05, 0) is 49.4 Å². The standard InChI is InChI=1S/C22H28FN.C2H3N/c1-3-24(16-19-7-5-4-6-8-19)17(2)9-10-18-11-13-20(14-12-18)21-15-22(21)23;1-2-3/h4-8,11-14,17,21-22H,3,9-10,15-16H2,1-2H3;1H3. The molecule has 3 rings (SSSR count). The van der Waals surface area contributed by atoms with Gasteiger partial charge in [-0.3, -0.25) is 4.90 Å². The van der Waals surface area contributed by atoms with Gasteiger partial charge in [-0.1, -0.05) is 61.5 Å². The Morgan fingerprint density at radius 3 is 2.22 bits per heavy atom. The summed E-state index contributed by atoms with van der Waals surface area (Å²) in [5.41, 5.74) is 3.90. The van der Waals surface area contributed by atoms with Crippen LogP contribution in [0.15, 0.2) is 54.6 Å². The fraction of sp³-hybridized carbons (Fsp3) is 0.458. The Bertz CT molecular complexity index is 705. The van der Waals surface area contributed by atoms with Gasteiger partial charge >= 0.3 is 0 Å². The number of hydrogen-bond donors (Lipinski definition) is 0. The molecule has 144 valence electrons. The Morgan fingerprint density at radius 2 is 1.70 bits per heavy atom. The molecule has 1 aliphatic carbocycles. The van der Waals surface area contributed by atoms with Crippen LogP contribution in [0.1, 0.15) is 56.2 Å². The van der Waals surface area contributed by atoms with Crippen molar-refractivity contribution in [2.45, 2.75) is 64.7 Å². The van der Waals surface area contributed by atoms with Crippen LogP contribution in [0.4, 0.5) is 4.39 Å². The van der Waals surface area contributed by atoms with Crippen LogP contribution in [0, 0.1) is 11.3 Å². The second-order valence-electron chi connectivity index (χ2n) is 7.26. The molecule has 1 fully saturated rings. The van der Waals surface area contributed by atoms with Crippen molar-refractivity contribution in [3.05, 3.63) is 71.3 Å². The van der Waals surface area contributed by atoms with E-state index in [1.807, 2.05) is 0 Å². The summed E-state index contributed by atoms with van der Waals surface area (Å²) < 4.78 is 13.1. The molecule has 3 unspecified atom stereocenters. The van der Waals surface area contributed by atoms with Gasteiger partial charge in [-0.25, -0.2) is 4.39 Å². The number of benzene rings is 2. The van der Waals surface area contributed by atoms with Crippen molar-refractivity contribution in [3.8, 4) is 6.07 Å². The molecule has 3 heteroatoms. The molecular formula is C24H31FN2. The molecule has 2 aromatic carbocycles. The molecule has 0 spiro atoms. The highest BCUT2D eigenvalue weighted by Crippen LogP contribution is 2.43. The lowest BCUT2D eigenvalue weighted by Gasteiger charge is -2.28. The topological polar surface area (TPSA) is 27.0 Å². The quantitative estimate of drug-likeness (QED) is 0.583. The average molecular weight is 367 g/mol. The van der Waals surface area contributed by atoms with E-state index in [1.54, 1.807) is 6.07 Å². The molecule has 0 aliphatic heterocycles. The van der Waals surface area contributed by atoms with E-state index in [4.69, 9.17) is 5.26 Å². The second-order valence-corrected chi connectivity index (χ2v) is 7.26. The lowest BCUT2D eigenvalue weighted by Crippen LogP contribution is -2.32. The third kappa shape index (κ3) is 6.81. The number of alkyl halides is 1. The summed E-state index contributed by atoms with van der Waals surface area (Å²) in [6.07, 6.45) is 2.33. The molecule has 3 atom stereocenters. The molecule has 0 aromatic heterocycles. The Kier molecular flexibility index (Phi) is 8.48. The molecule has 0 heterocycles. The minimum absolute atomic E-state index is 0.166. The third-order valence-corrected chi connectivity index (χ3v) is 5.23. The normalized spacial score (nSPS) is 19.0. The Labute approximate surface area is 163 Å². The van der Waals surface area contributed by atoms with Gasteiger partial charge < -0.3 is 0 Å². The van der Waals surface area contributed by atoms with Crippen molar-refractivity contribution in [2.24, 2.45) is 0 Å². The third-order valence-electron chi connectivity index (χ3n) is 5.23. The van der Waals surface area contributed by atoms with Crippen molar-refractivity contribution < 1.29 is 4.39 Å². The Balaban J connectivity index is 0.000000817. The first-order chi connectivity index (χ1) is 13.1. The first-order valence-corrected chi connectivity index (χ1v) is 9.90. The number of rotatable bonds is 8. The highest BCUT2D eigenvalue weighted by Gasteiger charge is 2.38. The molecule has 2 aromatic rings. The predicted molar refractivity (Wildman–Crippen MR) is 110 cm³/mol. The summed E-state index contributed by atoms with van der Waals surface area (Å²) in [6.45, 7) is 8.06. The number of aryl methyl sites for hydroxylation is 1. The van der Waals surface area contributed by atoms with Gasteiger partial charge in [0, 0.05) is 25.4 Å². The van der Waals surface area contributed by atoms with Crippen LogP contribution in [0.5, 0.6) is 0 Å². The van der Waals surface area contributed by atoms with E-state index in [9.17, 15) is 4.39 Å². The van der Waals surface area contributed by atoms with Gasteiger partial charge in [0.2, 0.25) is 0 Å². The van der Waals surface area contributed by atoms with Gasteiger partial charge in [0.15, 0.2) is 0 Å². The second kappa shape index (κ2) is 10.8. The van der Waals surface area contributed by atoms with Crippen molar-refractivity contribution >= 4 is 0 Å². The fourth-order valence-electron chi connectivity index (χ4n) is 3.40. The maximum absolute atomic E-state index is 13.1. The minimum atomic E-state index is -0.605. The van der Waals surface area contributed by atoms with Gasteiger partial charge in [-0.15, -0.1) is 0 Å². The van der Waals surface area contributed by atoms with Gasteiger partial charge in [0.1, 0.15) is 6.17 Å². The molecule has 1 aliphatic rings. The zero-order chi connectivity index (χ0) is 19.6. The zero-order valence-corrected chi connectivity index (χ0v) is 16.7. The van der Waals surface area contributed by atoms with E-state index in [0.29, 0.717) is 12.5 Å². The fourth-order valence-corrected chi connectivity index (χ4v) is 3.40. The summed E-state index contributed by atoms with van der Waals surface area (Å²) in [5, 5.41) is 7.32. The van der Waals surface area contributed by atoms with Crippen LogP contribution in [-0.4, -0.2) is 23.7 Å². The van der Waals surface area contributed by atoms with Gasteiger partial charge in [0.05, 0.1) is 6.07 Å². The number of halogens is 1. The van der Waals surface area contributed by atoms with Crippen LogP contribution < -0.4 is 0 Å². The van der Waals surface area contributed by atoms with Crippen LogP contribution >= 0.6 is 0 Å². The molecule has 0 radical (unpaired) electrons. The summed E-state index contributed by atoms with van der Waals surface area (Å²) in [7, 11) is 0. The predicted octanol–water partition coefficient (Wildman–Crippen LogP) is 5.89. The van der Waals surface area contributed by atoms with Crippen LogP contribution in [0.2, 0.25) is 0 Å². The lowest BCUT2D eigenvalue weighted by molar-refractivity contribution is 0.201. The highest BCUT2D eigenvalue weighted by atomic mass is 19.1. The van der Waals surface area contributed by atoms with Crippen molar-refractivity contribution in [3.63, 3.8) is 0 Å². The van der Waals surface area contributed by atoms with Crippen LogP contribution in [0.3, 0.4) is 0 Å². The maximum atomic E-state index is 13.1. The maximum Gasteiger partial charge on any atom is 0.108 e.